The molecule has 0 aromatic carbocycles. The Bertz CT molecular complexity index is 193. The van der Waals surface area contributed by atoms with E-state index in [2.05, 4.69) is 10.6 Å². The van der Waals surface area contributed by atoms with Gasteiger partial charge in [-0.15, -0.1) is 0 Å². The number of hydrogen-bond donors (Lipinski definition) is 2. The lowest BCUT2D eigenvalue weighted by atomic mass is 9.99. The van der Waals surface area contributed by atoms with Crippen LogP contribution in [0, 0.1) is 5.92 Å². The van der Waals surface area contributed by atoms with Gasteiger partial charge in [-0.2, -0.15) is 0 Å². The van der Waals surface area contributed by atoms with Crippen LogP contribution in [0.2, 0.25) is 0 Å². The lowest BCUT2D eigenvalue weighted by molar-refractivity contribution is -0.128. The summed E-state index contributed by atoms with van der Waals surface area (Å²) in [6.45, 7) is 4.81. The minimum Gasteiger partial charge on any atom is -0.355 e. The van der Waals surface area contributed by atoms with Crippen LogP contribution >= 0.6 is 0 Å². The van der Waals surface area contributed by atoms with Gasteiger partial charge in [0.1, 0.15) is 5.78 Å². The molecule has 0 radical (unpaired) electrons. The molecule has 0 aliphatic carbocycles. The van der Waals surface area contributed by atoms with Gasteiger partial charge in [-0.05, 0) is 20.4 Å². The van der Waals surface area contributed by atoms with Crippen molar-refractivity contribution in [2.24, 2.45) is 5.92 Å². The van der Waals surface area contributed by atoms with Gasteiger partial charge in [0.05, 0.1) is 0 Å². The zero-order valence-electron chi connectivity index (χ0n) is 9.22. The molecular formula is C10H20N2O2. The van der Waals surface area contributed by atoms with E-state index in [-0.39, 0.29) is 17.6 Å². The number of Topliss-reactive ketones (excluding diaryl/α,β-unsaturated/α-hetero) is 1. The van der Waals surface area contributed by atoms with E-state index < -0.39 is 0 Å². The lowest BCUT2D eigenvalue weighted by Gasteiger charge is -2.13. The molecule has 14 heavy (non-hydrogen) atoms. The van der Waals surface area contributed by atoms with Gasteiger partial charge >= 0.3 is 0 Å². The number of carbonyl (C=O) groups excluding carboxylic acids is 2. The van der Waals surface area contributed by atoms with E-state index in [9.17, 15) is 9.59 Å². The third-order valence-electron chi connectivity index (χ3n) is 2.07. The average Bonchev–Trinajstić information content (AvgIpc) is 2.14. The van der Waals surface area contributed by atoms with Crippen LogP contribution in [-0.2, 0) is 9.59 Å². The quantitative estimate of drug-likeness (QED) is 0.582. The van der Waals surface area contributed by atoms with Gasteiger partial charge in [-0.25, -0.2) is 0 Å². The second kappa shape index (κ2) is 7.50. The van der Waals surface area contributed by atoms with Crippen LogP contribution in [0.1, 0.15) is 26.7 Å². The predicted octanol–water partition coefficient (Wildman–Crippen LogP) is 0.327. The van der Waals surface area contributed by atoms with Crippen LogP contribution in [-0.4, -0.2) is 31.8 Å². The maximum Gasteiger partial charge on any atom is 0.223 e. The van der Waals surface area contributed by atoms with Gasteiger partial charge < -0.3 is 15.4 Å². The monoisotopic (exact) mass is 200 g/mol. The molecule has 0 rings (SSSR count). The van der Waals surface area contributed by atoms with Crippen molar-refractivity contribution in [3.63, 3.8) is 0 Å². The van der Waals surface area contributed by atoms with Crippen LogP contribution in [0.5, 0.6) is 0 Å². The Morgan fingerprint density at radius 1 is 1.29 bits per heavy atom. The fourth-order valence-electron chi connectivity index (χ4n) is 1.22. The summed E-state index contributed by atoms with van der Waals surface area (Å²) in [5.74, 6) is -0.108. The highest BCUT2D eigenvalue weighted by molar-refractivity contribution is 5.85. The number of rotatable bonds is 7. The zero-order valence-corrected chi connectivity index (χ0v) is 9.22. The van der Waals surface area contributed by atoms with Crippen molar-refractivity contribution in [3.05, 3.63) is 0 Å². The number of amides is 1. The molecule has 0 unspecified atom stereocenters. The van der Waals surface area contributed by atoms with Gasteiger partial charge in [0, 0.05) is 25.4 Å². The molecule has 1 amide bonds. The molecule has 4 heteroatoms. The summed E-state index contributed by atoms with van der Waals surface area (Å²) in [5.41, 5.74) is 0. The van der Waals surface area contributed by atoms with Gasteiger partial charge in [-0.1, -0.05) is 6.92 Å². The van der Waals surface area contributed by atoms with E-state index >= 15 is 0 Å². The molecule has 82 valence electrons. The highest BCUT2D eigenvalue weighted by atomic mass is 16.2. The van der Waals surface area contributed by atoms with Crippen molar-refractivity contribution < 1.29 is 9.59 Å². The molecule has 0 heterocycles. The van der Waals surface area contributed by atoms with Crippen LogP contribution < -0.4 is 10.6 Å². The summed E-state index contributed by atoms with van der Waals surface area (Å²) >= 11 is 0. The number of ketones is 1. The molecule has 0 bridgehead atoms. The molecule has 0 fully saturated rings. The molecule has 0 spiro atoms. The Kier molecular flexibility index (Phi) is 7.02. The summed E-state index contributed by atoms with van der Waals surface area (Å²) in [4.78, 5) is 22.3. The number of likely N-dealkylation sites (N-methyl/N-ethyl adjacent to an activating group) is 1. The first-order valence-corrected chi connectivity index (χ1v) is 5.03. The summed E-state index contributed by atoms with van der Waals surface area (Å²) in [6, 6.07) is 0. The molecule has 0 saturated carbocycles. The van der Waals surface area contributed by atoms with Crippen molar-refractivity contribution in [2.75, 3.05) is 20.1 Å². The number of carbonyl (C=O) groups is 2. The topological polar surface area (TPSA) is 58.2 Å². The maximum absolute atomic E-state index is 11.5. The molecule has 4 nitrogen and oxygen atoms in total. The fourth-order valence-corrected chi connectivity index (χ4v) is 1.22. The molecule has 0 aromatic heterocycles. The van der Waals surface area contributed by atoms with Gasteiger partial charge in [-0.3, -0.25) is 4.79 Å². The second-order valence-electron chi connectivity index (χ2n) is 3.41. The molecule has 0 saturated heterocycles. The standard InChI is InChI=1S/C10H20N2O2/c1-4-9(7-8(2)13)10(14)12-6-5-11-3/h9,11H,4-7H2,1-3H3,(H,12,14)/t9-/m0/s1. The minimum atomic E-state index is -0.163. The number of hydrogen-bond acceptors (Lipinski definition) is 3. The van der Waals surface area contributed by atoms with Gasteiger partial charge in [0.25, 0.3) is 0 Å². The van der Waals surface area contributed by atoms with Crippen molar-refractivity contribution >= 4 is 11.7 Å². The third-order valence-corrected chi connectivity index (χ3v) is 2.07. The normalized spacial score (nSPS) is 12.2. The minimum absolute atomic E-state index is 0.0158. The fraction of sp³-hybridized carbons (Fsp3) is 0.800. The molecule has 0 aromatic rings. The summed E-state index contributed by atoms with van der Waals surface area (Å²) in [6.07, 6.45) is 1.06. The van der Waals surface area contributed by atoms with E-state index in [0.717, 1.165) is 6.54 Å². The number of nitrogens with one attached hydrogen (secondary N) is 2. The van der Waals surface area contributed by atoms with E-state index in [1.165, 1.54) is 6.92 Å². The highest BCUT2D eigenvalue weighted by Gasteiger charge is 2.17. The predicted molar refractivity (Wildman–Crippen MR) is 56.0 cm³/mol. The van der Waals surface area contributed by atoms with E-state index in [1.807, 2.05) is 14.0 Å². The summed E-state index contributed by atoms with van der Waals surface area (Å²) in [7, 11) is 1.83. The molecule has 1 atom stereocenters. The van der Waals surface area contributed by atoms with Crippen molar-refractivity contribution in [1.29, 1.82) is 0 Å². The van der Waals surface area contributed by atoms with Crippen LogP contribution in [0.4, 0.5) is 0 Å². The third kappa shape index (κ3) is 5.70. The Morgan fingerprint density at radius 3 is 2.36 bits per heavy atom. The zero-order chi connectivity index (χ0) is 11.0. The van der Waals surface area contributed by atoms with Crippen molar-refractivity contribution in [1.82, 2.24) is 10.6 Å². The van der Waals surface area contributed by atoms with Gasteiger partial charge in [0.2, 0.25) is 5.91 Å². The van der Waals surface area contributed by atoms with Crippen LogP contribution in [0.3, 0.4) is 0 Å². The van der Waals surface area contributed by atoms with Crippen molar-refractivity contribution in [3.8, 4) is 0 Å². The smallest absolute Gasteiger partial charge is 0.223 e. The van der Waals surface area contributed by atoms with Crippen LogP contribution in [0.15, 0.2) is 0 Å². The first kappa shape index (κ1) is 13.1. The second-order valence-corrected chi connectivity index (χ2v) is 3.41. The van der Waals surface area contributed by atoms with Crippen molar-refractivity contribution in [2.45, 2.75) is 26.7 Å². The largest absolute Gasteiger partial charge is 0.355 e. The Morgan fingerprint density at radius 2 is 1.93 bits per heavy atom. The van der Waals surface area contributed by atoms with Gasteiger partial charge in [0.15, 0.2) is 0 Å². The Hall–Kier alpha value is -0.900. The van der Waals surface area contributed by atoms with E-state index in [4.69, 9.17) is 0 Å². The van der Waals surface area contributed by atoms with E-state index in [1.54, 1.807) is 0 Å². The molecule has 0 aliphatic heterocycles. The Balaban J connectivity index is 3.85. The molecular weight excluding hydrogens is 180 g/mol. The maximum atomic E-state index is 11.5. The van der Waals surface area contributed by atoms with E-state index in [0.29, 0.717) is 19.4 Å². The first-order chi connectivity index (χ1) is 6.61. The summed E-state index contributed by atoms with van der Waals surface area (Å²) < 4.78 is 0. The highest BCUT2D eigenvalue weighted by Crippen LogP contribution is 2.08. The molecule has 0 aliphatic rings. The average molecular weight is 200 g/mol. The SMILES string of the molecule is CC[C@@H](CC(C)=O)C(=O)NCCNC. The molecule has 2 N–H and O–H groups in total. The Labute approximate surface area is 85.4 Å². The summed E-state index contributed by atoms with van der Waals surface area (Å²) in [5, 5.41) is 5.73. The van der Waals surface area contributed by atoms with Crippen LogP contribution in [0.25, 0.3) is 0 Å². The first-order valence-electron chi connectivity index (χ1n) is 5.03. The lowest BCUT2D eigenvalue weighted by Crippen LogP contribution is -2.35.